The van der Waals surface area contributed by atoms with Crippen molar-refractivity contribution in [2.45, 2.75) is 0 Å². The highest BCUT2D eigenvalue weighted by Gasteiger charge is 2.00. The maximum absolute atomic E-state index is 3.63. The van der Waals surface area contributed by atoms with E-state index in [0.29, 0.717) is 0 Å². The van der Waals surface area contributed by atoms with Gasteiger partial charge in [-0.2, -0.15) is 0 Å². The van der Waals surface area contributed by atoms with Crippen LogP contribution in [0.3, 0.4) is 0 Å². The lowest BCUT2D eigenvalue weighted by Crippen LogP contribution is -2.11. The number of hydrogen-bond acceptors (Lipinski definition) is 0. The first-order valence-corrected chi connectivity index (χ1v) is 8.85. The number of fused-ring (bicyclic) bond motifs is 8. The monoisotopic (exact) mass is 390 g/mol. The molecule has 5 rings (SSSR count). The number of halogens is 1. The zero-order chi connectivity index (χ0) is 16.8. The average Bonchev–Trinajstić information content (AvgIpc) is 3.33. The molecule has 5 heterocycles. The van der Waals surface area contributed by atoms with Crippen LogP contribution in [0.4, 0.5) is 0 Å². The van der Waals surface area contributed by atoms with Crippen LogP contribution in [0.15, 0.2) is 46.9 Å². The molecule has 0 aromatic carbocycles. The Balaban J connectivity index is 1.81. The van der Waals surface area contributed by atoms with Crippen molar-refractivity contribution in [1.29, 1.82) is 0 Å². The van der Waals surface area contributed by atoms with Crippen LogP contribution in [-0.4, -0.2) is 19.9 Å². The van der Waals surface area contributed by atoms with Crippen LogP contribution >= 0.6 is 15.9 Å². The molecule has 4 N–H and O–H groups in total. The number of aromatic nitrogens is 4. The fourth-order valence-corrected chi connectivity index (χ4v) is 3.56. The number of H-pyrrole nitrogens is 4. The molecule has 25 heavy (non-hydrogen) atoms. The molecule has 1 aliphatic heterocycles. The van der Waals surface area contributed by atoms with Gasteiger partial charge < -0.3 is 19.9 Å². The van der Waals surface area contributed by atoms with E-state index in [1.807, 2.05) is 0 Å². The van der Waals surface area contributed by atoms with E-state index >= 15 is 0 Å². The molecule has 122 valence electrons. The van der Waals surface area contributed by atoms with Gasteiger partial charge in [-0.15, -0.1) is 0 Å². The van der Waals surface area contributed by atoms with Crippen LogP contribution < -0.4 is 21.4 Å². The SMILES string of the molecule is Brc1cc2[nH]c1=Cc1ccc([nH]1)C=c1ccc([nH]1)=Cc1ccc([nH]1)C=2. The Kier molecular flexibility index (Phi) is 3.21. The summed E-state index contributed by atoms with van der Waals surface area (Å²) in [6.45, 7) is 0. The predicted octanol–water partition coefficient (Wildman–Crippen LogP) is 1.39. The van der Waals surface area contributed by atoms with Crippen LogP contribution in [0, 0.1) is 0 Å². The third kappa shape index (κ3) is 2.83. The standard InChI is InChI=1S/C20H15BrN4/c21-19-10-18-9-16-4-3-14(23-16)7-12-1-2-13(22-12)8-15-5-6-17(24-15)11-20(19)25-18/h1-11,22-25H. The van der Waals surface area contributed by atoms with Crippen molar-refractivity contribution >= 4 is 40.2 Å². The Labute approximate surface area is 151 Å². The smallest absolute Gasteiger partial charge is 0.0550 e. The van der Waals surface area contributed by atoms with Crippen LogP contribution in [0.5, 0.6) is 0 Å². The summed E-state index contributed by atoms with van der Waals surface area (Å²) in [4.78, 5) is 13.7. The first-order chi connectivity index (χ1) is 12.2. The summed E-state index contributed by atoms with van der Waals surface area (Å²) in [6, 6.07) is 14.6. The topological polar surface area (TPSA) is 63.2 Å². The number of nitrogens with one attached hydrogen (secondary N) is 4. The summed E-state index contributed by atoms with van der Waals surface area (Å²) in [7, 11) is 0. The minimum absolute atomic E-state index is 1.03. The molecular formula is C20H15BrN4. The lowest BCUT2D eigenvalue weighted by molar-refractivity contribution is 1.23. The number of aromatic amines is 4. The van der Waals surface area contributed by atoms with Gasteiger partial charge in [0.2, 0.25) is 0 Å². The normalized spacial score (nSPS) is 12.7. The molecule has 0 saturated heterocycles. The van der Waals surface area contributed by atoms with E-state index in [1.54, 1.807) is 0 Å². The van der Waals surface area contributed by atoms with E-state index in [4.69, 9.17) is 0 Å². The van der Waals surface area contributed by atoms with Crippen LogP contribution in [0.25, 0.3) is 24.3 Å². The van der Waals surface area contributed by atoms with E-state index in [-0.39, 0.29) is 0 Å². The molecule has 1 aliphatic rings. The van der Waals surface area contributed by atoms with Crippen LogP contribution in [0.2, 0.25) is 0 Å². The van der Waals surface area contributed by atoms with Gasteiger partial charge >= 0.3 is 0 Å². The second-order valence-corrected chi connectivity index (χ2v) is 7.03. The van der Waals surface area contributed by atoms with Gasteiger partial charge in [0, 0.05) is 43.3 Å². The van der Waals surface area contributed by atoms with Gasteiger partial charge in [0.25, 0.3) is 0 Å². The fourth-order valence-electron chi connectivity index (χ4n) is 3.10. The second kappa shape index (κ2) is 5.57. The molecule has 0 radical (unpaired) electrons. The third-order valence-corrected chi connectivity index (χ3v) is 4.90. The molecule has 0 unspecified atom stereocenters. The molecular weight excluding hydrogens is 376 g/mol. The summed E-state index contributed by atoms with van der Waals surface area (Å²) in [5.74, 6) is 0. The lowest BCUT2D eigenvalue weighted by Gasteiger charge is -1.89. The molecule has 8 bridgehead atoms. The van der Waals surface area contributed by atoms with Crippen molar-refractivity contribution < 1.29 is 0 Å². The van der Waals surface area contributed by atoms with E-state index in [1.165, 1.54) is 0 Å². The average molecular weight is 391 g/mol. The van der Waals surface area contributed by atoms with Gasteiger partial charge in [-0.05, 0) is 82.7 Å². The second-order valence-electron chi connectivity index (χ2n) is 6.17. The Morgan fingerprint density at radius 1 is 0.520 bits per heavy atom. The zero-order valence-electron chi connectivity index (χ0n) is 13.2. The molecule has 0 spiro atoms. The predicted molar refractivity (Wildman–Crippen MR) is 104 cm³/mol. The zero-order valence-corrected chi connectivity index (χ0v) is 14.8. The maximum atomic E-state index is 3.63. The molecule has 4 aromatic heterocycles. The first-order valence-electron chi connectivity index (χ1n) is 8.06. The van der Waals surface area contributed by atoms with Crippen molar-refractivity contribution in [2.24, 2.45) is 0 Å². The maximum Gasteiger partial charge on any atom is 0.0550 e. The Morgan fingerprint density at radius 2 is 1.04 bits per heavy atom. The Morgan fingerprint density at radius 3 is 1.64 bits per heavy atom. The summed E-state index contributed by atoms with van der Waals surface area (Å²) >= 11 is 3.63. The van der Waals surface area contributed by atoms with Gasteiger partial charge in [-0.1, -0.05) is 0 Å². The van der Waals surface area contributed by atoms with Gasteiger partial charge in [0.1, 0.15) is 0 Å². The van der Waals surface area contributed by atoms with Crippen molar-refractivity contribution in [2.75, 3.05) is 0 Å². The van der Waals surface area contributed by atoms with Crippen molar-refractivity contribution in [3.8, 4) is 0 Å². The Hall–Kier alpha value is -2.92. The molecule has 0 amide bonds. The highest BCUT2D eigenvalue weighted by molar-refractivity contribution is 9.10. The number of rotatable bonds is 0. The quantitative estimate of drug-likeness (QED) is 0.309. The first kappa shape index (κ1) is 14.4. The third-order valence-electron chi connectivity index (χ3n) is 4.24. The van der Waals surface area contributed by atoms with Crippen LogP contribution in [0.1, 0.15) is 22.8 Å². The number of hydrogen-bond donors (Lipinski definition) is 4. The van der Waals surface area contributed by atoms with Crippen molar-refractivity contribution in [3.05, 3.63) is 91.1 Å². The van der Waals surface area contributed by atoms with Crippen LogP contribution in [-0.2, 0) is 0 Å². The minimum atomic E-state index is 1.03. The lowest BCUT2D eigenvalue weighted by atomic mass is 10.3. The molecule has 0 atom stereocenters. The molecule has 5 heteroatoms. The van der Waals surface area contributed by atoms with Gasteiger partial charge in [0.15, 0.2) is 0 Å². The highest BCUT2D eigenvalue weighted by Crippen LogP contribution is 2.06. The largest absolute Gasteiger partial charge is 0.355 e. The summed E-state index contributed by atoms with van der Waals surface area (Å²) in [5.41, 5.74) is 4.22. The molecule has 0 saturated carbocycles. The van der Waals surface area contributed by atoms with Crippen molar-refractivity contribution in [1.82, 2.24) is 19.9 Å². The van der Waals surface area contributed by atoms with Gasteiger partial charge in [-0.25, -0.2) is 0 Å². The minimum Gasteiger partial charge on any atom is -0.355 e. The molecule has 0 fully saturated rings. The molecule has 0 aliphatic carbocycles. The van der Waals surface area contributed by atoms with E-state index in [9.17, 15) is 0 Å². The molecule has 4 aromatic rings. The summed E-state index contributed by atoms with van der Waals surface area (Å²) in [5, 5.41) is 4.20. The highest BCUT2D eigenvalue weighted by atomic mass is 79.9. The molecule has 4 nitrogen and oxygen atoms in total. The fraction of sp³-hybridized carbons (Fsp3) is 0. The van der Waals surface area contributed by atoms with Gasteiger partial charge in [0.05, 0.1) is 5.35 Å². The van der Waals surface area contributed by atoms with E-state index < -0.39 is 0 Å². The summed E-state index contributed by atoms with van der Waals surface area (Å²) < 4.78 is 1.04. The van der Waals surface area contributed by atoms with E-state index in [2.05, 4.69) is 103 Å². The van der Waals surface area contributed by atoms with Gasteiger partial charge in [-0.3, -0.25) is 0 Å². The van der Waals surface area contributed by atoms with Crippen molar-refractivity contribution in [3.63, 3.8) is 0 Å². The van der Waals surface area contributed by atoms with E-state index in [0.717, 1.165) is 48.6 Å². The summed E-state index contributed by atoms with van der Waals surface area (Å²) in [6.07, 6.45) is 8.40. The Bertz CT molecular complexity index is 1310.